The van der Waals surface area contributed by atoms with Crippen LogP contribution in [0.25, 0.3) is 0 Å². The smallest absolute Gasteiger partial charge is 0.410 e. The van der Waals surface area contributed by atoms with E-state index in [2.05, 4.69) is 19.6 Å². The number of hydrogen-bond donors (Lipinski definition) is 0. The van der Waals surface area contributed by atoms with E-state index >= 15 is 0 Å². The second-order valence-electron chi connectivity index (χ2n) is 6.79. The molecule has 0 radical (unpaired) electrons. The standard InChI is InChI=1S/C17H27NO5Si/c1-20-14-10-8-7-9-13(14)15-17(22-3,23-24(4,5)6)11-12-18(15)16(19)21-2/h7-10,15H,11-12H2,1-6H3. The molecule has 0 spiro atoms. The summed E-state index contributed by atoms with van der Waals surface area (Å²) in [6.45, 7) is 6.81. The van der Waals surface area contributed by atoms with Gasteiger partial charge in [-0.1, -0.05) is 18.2 Å². The SMILES string of the molecule is COC(=O)N1CCC(OC)(O[Si](C)(C)C)C1c1ccccc1OC. The molecule has 24 heavy (non-hydrogen) atoms. The number of ether oxygens (including phenoxy) is 3. The quantitative estimate of drug-likeness (QED) is 0.600. The second kappa shape index (κ2) is 7.12. The van der Waals surface area contributed by atoms with Gasteiger partial charge in [0, 0.05) is 25.6 Å². The van der Waals surface area contributed by atoms with Crippen LogP contribution >= 0.6 is 0 Å². The van der Waals surface area contributed by atoms with Gasteiger partial charge in [0.1, 0.15) is 11.8 Å². The number of para-hydroxylation sites is 1. The normalized spacial score (nSPS) is 24.1. The highest BCUT2D eigenvalue weighted by Crippen LogP contribution is 2.47. The van der Waals surface area contributed by atoms with E-state index in [1.807, 2.05) is 24.3 Å². The molecule has 0 N–H and O–H groups in total. The van der Waals surface area contributed by atoms with E-state index in [4.69, 9.17) is 18.6 Å². The van der Waals surface area contributed by atoms with Crippen LogP contribution in [0.2, 0.25) is 19.6 Å². The number of amides is 1. The van der Waals surface area contributed by atoms with E-state index < -0.39 is 26.2 Å². The van der Waals surface area contributed by atoms with Crippen LogP contribution in [-0.2, 0) is 13.9 Å². The number of hydrogen-bond acceptors (Lipinski definition) is 5. The van der Waals surface area contributed by atoms with Gasteiger partial charge >= 0.3 is 6.09 Å². The molecule has 1 aromatic rings. The molecule has 134 valence electrons. The molecular formula is C17H27NO5Si. The fraction of sp³-hybridized carbons (Fsp3) is 0.588. The molecule has 2 atom stereocenters. The Morgan fingerprint density at radius 2 is 1.88 bits per heavy atom. The highest BCUT2D eigenvalue weighted by Gasteiger charge is 2.54. The van der Waals surface area contributed by atoms with Gasteiger partial charge in [0.2, 0.25) is 0 Å². The lowest BCUT2D eigenvalue weighted by molar-refractivity contribution is -0.185. The zero-order valence-electron chi connectivity index (χ0n) is 15.3. The fourth-order valence-electron chi connectivity index (χ4n) is 3.27. The maximum absolute atomic E-state index is 12.3. The average molecular weight is 353 g/mol. The first-order chi connectivity index (χ1) is 11.3. The van der Waals surface area contributed by atoms with Crippen LogP contribution < -0.4 is 4.74 Å². The Kier molecular flexibility index (Phi) is 5.57. The van der Waals surface area contributed by atoms with E-state index in [1.165, 1.54) is 7.11 Å². The molecule has 1 aromatic carbocycles. The summed E-state index contributed by atoms with van der Waals surface area (Å²) >= 11 is 0. The van der Waals surface area contributed by atoms with E-state index in [-0.39, 0.29) is 0 Å². The average Bonchev–Trinajstić information content (AvgIpc) is 2.91. The molecule has 0 bridgehead atoms. The van der Waals surface area contributed by atoms with Crippen LogP contribution in [0.4, 0.5) is 4.79 Å². The van der Waals surface area contributed by atoms with Gasteiger partial charge in [-0.05, 0) is 25.7 Å². The van der Waals surface area contributed by atoms with E-state index in [0.717, 1.165) is 5.56 Å². The van der Waals surface area contributed by atoms with E-state index in [1.54, 1.807) is 19.1 Å². The number of carbonyl (C=O) groups excluding carboxylic acids is 1. The Balaban J connectivity index is 2.56. The Bertz CT molecular complexity index is 589. The molecule has 1 amide bonds. The molecule has 1 heterocycles. The highest BCUT2D eigenvalue weighted by molar-refractivity contribution is 6.69. The minimum atomic E-state index is -1.94. The summed E-state index contributed by atoms with van der Waals surface area (Å²) < 4.78 is 22.8. The van der Waals surface area contributed by atoms with Gasteiger partial charge < -0.3 is 18.6 Å². The summed E-state index contributed by atoms with van der Waals surface area (Å²) in [5.74, 6) is -0.216. The molecule has 1 aliphatic heterocycles. The Morgan fingerprint density at radius 3 is 2.42 bits per heavy atom. The molecule has 6 nitrogen and oxygen atoms in total. The Morgan fingerprint density at radius 1 is 1.21 bits per heavy atom. The van der Waals surface area contributed by atoms with Crippen molar-refractivity contribution in [3.05, 3.63) is 29.8 Å². The van der Waals surface area contributed by atoms with Crippen molar-refractivity contribution in [2.24, 2.45) is 0 Å². The minimum Gasteiger partial charge on any atom is -0.496 e. The Hall–Kier alpha value is -1.57. The van der Waals surface area contributed by atoms with Gasteiger partial charge in [-0.25, -0.2) is 4.79 Å². The Labute approximate surface area is 144 Å². The van der Waals surface area contributed by atoms with E-state index in [9.17, 15) is 4.79 Å². The van der Waals surface area contributed by atoms with Crippen molar-refractivity contribution in [3.8, 4) is 5.75 Å². The number of carbonyl (C=O) groups is 1. The van der Waals surface area contributed by atoms with Crippen molar-refractivity contribution in [1.29, 1.82) is 0 Å². The topological polar surface area (TPSA) is 57.2 Å². The molecular weight excluding hydrogens is 326 g/mol. The van der Waals surface area contributed by atoms with Gasteiger partial charge in [0.15, 0.2) is 14.1 Å². The maximum Gasteiger partial charge on any atom is 0.410 e. The molecule has 7 heteroatoms. The largest absolute Gasteiger partial charge is 0.496 e. The fourth-order valence-corrected chi connectivity index (χ4v) is 4.60. The lowest BCUT2D eigenvalue weighted by atomic mass is 9.98. The van der Waals surface area contributed by atoms with Crippen molar-refractivity contribution in [2.45, 2.75) is 37.9 Å². The third-order valence-electron chi connectivity index (χ3n) is 4.10. The second-order valence-corrected chi connectivity index (χ2v) is 11.2. The lowest BCUT2D eigenvalue weighted by Gasteiger charge is -2.41. The first-order valence-corrected chi connectivity index (χ1v) is 11.4. The van der Waals surface area contributed by atoms with Crippen molar-refractivity contribution in [3.63, 3.8) is 0 Å². The third-order valence-corrected chi connectivity index (χ3v) is 5.05. The first kappa shape index (κ1) is 18.8. The predicted molar refractivity (Wildman–Crippen MR) is 93.6 cm³/mol. The predicted octanol–water partition coefficient (Wildman–Crippen LogP) is 3.40. The summed E-state index contributed by atoms with van der Waals surface area (Å²) in [4.78, 5) is 14.0. The van der Waals surface area contributed by atoms with Crippen LogP contribution in [0.15, 0.2) is 24.3 Å². The molecule has 1 fully saturated rings. The molecule has 0 aromatic heterocycles. The zero-order valence-corrected chi connectivity index (χ0v) is 16.3. The van der Waals surface area contributed by atoms with Gasteiger partial charge in [0.25, 0.3) is 0 Å². The number of nitrogens with zero attached hydrogens (tertiary/aromatic N) is 1. The molecule has 0 saturated carbocycles. The molecule has 1 saturated heterocycles. The van der Waals surface area contributed by atoms with Gasteiger partial charge in [0.05, 0.1) is 14.2 Å². The van der Waals surface area contributed by atoms with Crippen molar-refractivity contribution >= 4 is 14.4 Å². The van der Waals surface area contributed by atoms with Crippen molar-refractivity contribution in [1.82, 2.24) is 4.90 Å². The number of rotatable bonds is 5. The molecule has 2 unspecified atom stereocenters. The van der Waals surface area contributed by atoms with Crippen molar-refractivity contribution < 1.29 is 23.4 Å². The lowest BCUT2D eigenvalue weighted by Crippen LogP contribution is -2.49. The van der Waals surface area contributed by atoms with Crippen LogP contribution in [-0.4, -0.2) is 53.0 Å². The summed E-state index contributed by atoms with van der Waals surface area (Å²) in [6, 6.07) is 7.19. The first-order valence-electron chi connectivity index (χ1n) is 8.01. The van der Waals surface area contributed by atoms with Gasteiger partial charge in [-0.3, -0.25) is 4.90 Å². The van der Waals surface area contributed by atoms with E-state index in [0.29, 0.717) is 18.7 Å². The summed E-state index contributed by atoms with van der Waals surface area (Å²) in [6.07, 6.45) is 0.176. The number of benzene rings is 1. The zero-order chi connectivity index (χ0) is 18.0. The van der Waals surface area contributed by atoms with Crippen LogP contribution in [0.3, 0.4) is 0 Å². The summed E-state index contributed by atoms with van der Waals surface area (Å²) in [7, 11) is 2.69. The number of methoxy groups -OCH3 is 3. The van der Waals surface area contributed by atoms with Gasteiger partial charge in [-0.15, -0.1) is 0 Å². The monoisotopic (exact) mass is 353 g/mol. The third kappa shape index (κ3) is 3.58. The molecule has 1 aliphatic rings. The van der Waals surface area contributed by atoms with Crippen LogP contribution in [0, 0.1) is 0 Å². The molecule has 2 rings (SSSR count). The number of likely N-dealkylation sites (tertiary alicyclic amines) is 1. The van der Waals surface area contributed by atoms with Gasteiger partial charge in [-0.2, -0.15) is 0 Å². The van der Waals surface area contributed by atoms with Crippen molar-refractivity contribution in [2.75, 3.05) is 27.9 Å². The minimum absolute atomic E-state index is 0.399. The maximum atomic E-state index is 12.3. The summed E-state index contributed by atoms with van der Waals surface area (Å²) in [5.41, 5.74) is 0.850. The van der Waals surface area contributed by atoms with Crippen LogP contribution in [0.1, 0.15) is 18.0 Å². The highest BCUT2D eigenvalue weighted by atomic mass is 28.4. The molecule has 0 aliphatic carbocycles. The van der Waals surface area contributed by atoms with Crippen LogP contribution in [0.5, 0.6) is 5.75 Å². The summed E-state index contributed by atoms with van der Waals surface area (Å²) in [5, 5.41) is 0.